The molecule has 1 unspecified atom stereocenters. The van der Waals surface area contributed by atoms with Crippen LogP contribution in [0.2, 0.25) is 5.02 Å². The highest BCUT2D eigenvalue weighted by Gasteiger charge is 2.26. The summed E-state index contributed by atoms with van der Waals surface area (Å²) >= 11 is 5.94. The monoisotopic (exact) mass is 383 g/mol. The average molecular weight is 384 g/mol. The van der Waals surface area contributed by atoms with Crippen LogP contribution in [-0.4, -0.2) is 34.7 Å². The minimum atomic E-state index is 0.475. The Morgan fingerprint density at radius 2 is 2.07 bits per heavy atom. The maximum absolute atomic E-state index is 5.94. The number of rotatable bonds is 6. The number of halogens is 1. The standard InChI is InChI=1S/C21H22ClN3O2/c1-26-19-6-2-4-15(13-19)12-18-5-3-11-25(18)14-20-23-21(24-27-20)16-7-9-17(22)10-8-16/h2,4,6-10,13,18H,3,5,11-12,14H2,1H3. The van der Waals surface area contributed by atoms with Gasteiger partial charge in [0.05, 0.1) is 13.7 Å². The Morgan fingerprint density at radius 3 is 2.89 bits per heavy atom. The smallest absolute Gasteiger partial charge is 0.241 e. The van der Waals surface area contributed by atoms with Gasteiger partial charge in [0.15, 0.2) is 0 Å². The van der Waals surface area contributed by atoms with E-state index < -0.39 is 0 Å². The highest BCUT2D eigenvalue weighted by molar-refractivity contribution is 6.30. The first kappa shape index (κ1) is 18.0. The number of benzene rings is 2. The van der Waals surface area contributed by atoms with Crippen LogP contribution in [0.25, 0.3) is 11.4 Å². The van der Waals surface area contributed by atoms with Gasteiger partial charge in [-0.25, -0.2) is 0 Å². The molecule has 27 heavy (non-hydrogen) atoms. The van der Waals surface area contributed by atoms with E-state index in [0.717, 1.165) is 24.3 Å². The van der Waals surface area contributed by atoms with Crippen molar-refractivity contribution in [2.45, 2.75) is 31.8 Å². The molecule has 0 amide bonds. The summed E-state index contributed by atoms with van der Waals surface area (Å²) in [6.07, 6.45) is 3.36. The van der Waals surface area contributed by atoms with Crippen LogP contribution in [0.3, 0.4) is 0 Å². The quantitative estimate of drug-likeness (QED) is 0.622. The molecule has 0 spiro atoms. The van der Waals surface area contributed by atoms with E-state index in [4.69, 9.17) is 20.9 Å². The van der Waals surface area contributed by atoms with Gasteiger partial charge < -0.3 is 9.26 Å². The van der Waals surface area contributed by atoms with E-state index in [9.17, 15) is 0 Å². The molecule has 1 fully saturated rings. The molecular weight excluding hydrogens is 362 g/mol. The van der Waals surface area contributed by atoms with Crippen LogP contribution < -0.4 is 4.74 Å². The number of nitrogens with zero attached hydrogens (tertiary/aromatic N) is 3. The second-order valence-electron chi connectivity index (χ2n) is 6.84. The molecule has 2 heterocycles. The van der Waals surface area contributed by atoms with Crippen molar-refractivity contribution in [3.05, 3.63) is 65.0 Å². The second-order valence-corrected chi connectivity index (χ2v) is 7.28. The van der Waals surface area contributed by atoms with Crippen molar-refractivity contribution in [3.8, 4) is 17.1 Å². The van der Waals surface area contributed by atoms with Crippen molar-refractivity contribution >= 4 is 11.6 Å². The van der Waals surface area contributed by atoms with E-state index in [0.29, 0.717) is 29.3 Å². The Kier molecular flexibility index (Phi) is 5.41. The lowest BCUT2D eigenvalue weighted by molar-refractivity contribution is 0.209. The second kappa shape index (κ2) is 8.11. The Labute approximate surface area is 163 Å². The van der Waals surface area contributed by atoms with Crippen molar-refractivity contribution in [2.75, 3.05) is 13.7 Å². The zero-order chi connectivity index (χ0) is 18.6. The summed E-state index contributed by atoms with van der Waals surface area (Å²) in [6.45, 7) is 1.72. The van der Waals surface area contributed by atoms with E-state index in [1.165, 1.54) is 18.4 Å². The molecule has 1 saturated heterocycles. The lowest BCUT2D eigenvalue weighted by atomic mass is 10.0. The number of hydrogen-bond donors (Lipinski definition) is 0. The Bertz CT molecular complexity index is 894. The summed E-state index contributed by atoms with van der Waals surface area (Å²) < 4.78 is 10.8. The van der Waals surface area contributed by atoms with Gasteiger partial charge in [-0.15, -0.1) is 0 Å². The zero-order valence-electron chi connectivity index (χ0n) is 15.3. The van der Waals surface area contributed by atoms with E-state index in [-0.39, 0.29) is 0 Å². The van der Waals surface area contributed by atoms with Crippen molar-refractivity contribution < 1.29 is 9.26 Å². The summed E-state index contributed by atoms with van der Waals surface area (Å²) in [5, 5.41) is 4.81. The van der Waals surface area contributed by atoms with Gasteiger partial charge in [-0.1, -0.05) is 28.9 Å². The predicted octanol–water partition coefficient (Wildman–Crippen LogP) is 4.61. The third-order valence-corrected chi connectivity index (χ3v) is 5.27. The van der Waals surface area contributed by atoms with Crippen LogP contribution in [0.4, 0.5) is 0 Å². The van der Waals surface area contributed by atoms with Crippen molar-refractivity contribution in [1.29, 1.82) is 0 Å². The topological polar surface area (TPSA) is 51.4 Å². The number of aromatic nitrogens is 2. The fourth-order valence-electron chi connectivity index (χ4n) is 3.62. The third-order valence-electron chi connectivity index (χ3n) is 5.01. The minimum Gasteiger partial charge on any atom is -0.497 e. The van der Waals surface area contributed by atoms with Gasteiger partial charge in [-0.2, -0.15) is 4.98 Å². The van der Waals surface area contributed by atoms with Crippen LogP contribution in [0, 0.1) is 0 Å². The lowest BCUT2D eigenvalue weighted by Gasteiger charge is -2.23. The van der Waals surface area contributed by atoms with E-state index in [2.05, 4.69) is 27.2 Å². The molecule has 3 aromatic rings. The maximum atomic E-state index is 5.94. The summed E-state index contributed by atoms with van der Waals surface area (Å²) in [5.41, 5.74) is 2.20. The zero-order valence-corrected chi connectivity index (χ0v) is 16.0. The van der Waals surface area contributed by atoms with E-state index >= 15 is 0 Å². The fraction of sp³-hybridized carbons (Fsp3) is 0.333. The van der Waals surface area contributed by atoms with E-state index in [1.54, 1.807) is 7.11 Å². The van der Waals surface area contributed by atoms with Gasteiger partial charge >= 0.3 is 0 Å². The number of methoxy groups -OCH3 is 1. The van der Waals surface area contributed by atoms with Crippen molar-refractivity contribution in [3.63, 3.8) is 0 Å². The molecule has 140 valence electrons. The lowest BCUT2D eigenvalue weighted by Crippen LogP contribution is -2.30. The first-order valence-corrected chi connectivity index (χ1v) is 9.54. The van der Waals surface area contributed by atoms with Gasteiger partial charge in [-0.05, 0) is 67.8 Å². The van der Waals surface area contributed by atoms with Crippen LogP contribution in [0.1, 0.15) is 24.3 Å². The number of likely N-dealkylation sites (tertiary alicyclic amines) is 1. The largest absolute Gasteiger partial charge is 0.497 e. The Morgan fingerprint density at radius 1 is 1.22 bits per heavy atom. The molecule has 1 aliphatic rings. The average Bonchev–Trinajstić information content (AvgIpc) is 3.33. The molecule has 5 nitrogen and oxygen atoms in total. The summed E-state index contributed by atoms with van der Waals surface area (Å²) in [5.74, 6) is 2.16. The van der Waals surface area contributed by atoms with Crippen LogP contribution in [0.15, 0.2) is 53.1 Å². The molecule has 0 N–H and O–H groups in total. The van der Waals surface area contributed by atoms with Crippen LogP contribution in [0.5, 0.6) is 5.75 Å². The molecule has 0 aliphatic carbocycles. The minimum absolute atomic E-state index is 0.475. The van der Waals surface area contributed by atoms with Crippen LogP contribution in [-0.2, 0) is 13.0 Å². The number of hydrogen-bond acceptors (Lipinski definition) is 5. The Hall–Kier alpha value is -2.37. The molecule has 1 atom stereocenters. The molecule has 0 bridgehead atoms. The fourth-order valence-corrected chi connectivity index (χ4v) is 3.74. The molecular formula is C21H22ClN3O2. The molecule has 0 saturated carbocycles. The normalized spacial score (nSPS) is 17.3. The SMILES string of the molecule is COc1cccc(CC2CCCN2Cc2nc(-c3ccc(Cl)cc3)no2)c1. The molecule has 1 aliphatic heterocycles. The predicted molar refractivity (Wildman–Crippen MR) is 105 cm³/mol. The molecule has 6 heteroatoms. The summed E-state index contributed by atoms with van der Waals surface area (Å²) in [7, 11) is 1.70. The first-order valence-electron chi connectivity index (χ1n) is 9.17. The summed E-state index contributed by atoms with van der Waals surface area (Å²) in [6, 6.07) is 16.2. The molecule has 1 aromatic heterocycles. The highest BCUT2D eigenvalue weighted by Crippen LogP contribution is 2.25. The molecule has 2 aromatic carbocycles. The van der Waals surface area contributed by atoms with Crippen molar-refractivity contribution in [2.24, 2.45) is 0 Å². The van der Waals surface area contributed by atoms with E-state index in [1.807, 2.05) is 36.4 Å². The third kappa shape index (κ3) is 4.31. The number of ether oxygens (including phenoxy) is 1. The molecule has 0 radical (unpaired) electrons. The van der Waals surface area contributed by atoms with Gasteiger partial charge in [0.1, 0.15) is 5.75 Å². The van der Waals surface area contributed by atoms with Gasteiger partial charge in [0, 0.05) is 16.6 Å². The van der Waals surface area contributed by atoms with Crippen LogP contribution >= 0.6 is 11.6 Å². The highest BCUT2D eigenvalue weighted by atomic mass is 35.5. The van der Waals surface area contributed by atoms with Gasteiger partial charge in [-0.3, -0.25) is 4.90 Å². The Balaban J connectivity index is 1.43. The summed E-state index contributed by atoms with van der Waals surface area (Å²) in [4.78, 5) is 6.99. The maximum Gasteiger partial charge on any atom is 0.241 e. The first-order chi connectivity index (χ1) is 13.2. The van der Waals surface area contributed by atoms with Gasteiger partial charge in [0.25, 0.3) is 0 Å². The van der Waals surface area contributed by atoms with Gasteiger partial charge in [0.2, 0.25) is 11.7 Å². The molecule has 4 rings (SSSR count). The van der Waals surface area contributed by atoms with Crippen molar-refractivity contribution in [1.82, 2.24) is 15.0 Å².